The fourth-order valence-corrected chi connectivity index (χ4v) is 11.0. The Hall–Kier alpha value is -2.74. The topological polar surface area (TPSA) is 24.7 Å². The number of allylic oxidation sites excluding steroid dienone is 4. The van der Waals surface area contributed by atoms with Crippen molar-refractivity contribution in [3.8, 4) is 0 Å². The molecular weight excluding hydrogens is 905 g/mol. The van der Waals surface area contributed by atoms with E-state index >= 15 is 0 Å². The minimum Gasteiger partial charge on any atom is -0.255 e. The van der Waals surface area contributed by atoms with Crippen LogP contribution >= 0.6 is 0 Å². The second-order valence-corrected chi connectivity index (χ2v) is 23.3. The molecule has 0 fully saturated rings. The van der Waals surface area contributed by atoms with Gasteiger partial charge in [-0.25, -0.2) is 0 Å². The summed E-state index contributed by atoms with van der Waals surface area (Å²) in [5.74, 6) is 0. The van der Waals surface area contributed by atoms with Crippen LogP contribution in [0.5, 0.6) is 0 Å². The molecule has 0 atom stereocenters. The zero-order valence-corrected chi connectivity index (χ0v) is 50.7. The van der Waals surface area contributed by atoms with E-state index in [0.29, 0.717) is 0 Å². The number of aryl methyl sites for hydroxylation is 2. The first-order valence-electron chi connectivity index (χ1n) is 33.9. The predicted octanol–water partition coefficient (Wildman–Crippen LogP) is 25.9. The highest BCUT2D eigenvalue weighted by Crippen LogP contribution is 2.25. The lowest BCUT2D eigenvalue weighted by atomic mass is 10.0. The highest BCUT2D eigenvalue weighted by Gasteiger charge is 2.06. The Bertz CT molecular complexity index is 1600. The molecule has 2 rings (SSSR count). The first-order valence-corrected chi connectivity index (χ1v) is 33.9. The van der Waals surface area contributed by atoms with Gasteiger partial charge in [0.1, 0.15) is 0 Å². The van der Waals surface area contributed by atoms with E-state index in [1.165, 1.54) is 306 Å². The summed E-state index contributed by atoms with van der Waals surface area (Å²) in [4.78, 5) is 10.4. The Morgan fingerprint density at radius 3 is 0.907 bits per heavy atom. The van der Waals surface area contributed by atoms with Gasteiger partial charge < -0.3 is 0 Å². The smallest absolute Gasteiger partial charge is 0.0665 e. The quantitative estimate of drug-likeness (QED) is 0.0358. The molecule has 2 aromatic carbocycles. The van der Waals surface area contributed by atoms with Crippen LogP contribution in [-0.2, 0) is 12.8 Å². The average molecular weight is 1030 g/mol. The normalized spacial score (nSPS) is 12.2. The molecule has 0 unspecified atom stereocenters. The van der Waals surface area contributed by atoms with Crippen LogP contribution in [0, 0.1) is 0 Å². The fourth-order valence-electron chi connectivity index (χ4n) is 11.0. The summed E-state index contributed by atoms with van der Waals surface area (Å²) in [6, 6.07) is 17.5. The molecule has 0 aliphatic carbocycles. The van der Waals surface area contributed by atoms with Gasteiger partial charge in [0.25, 0.3) is 0 Å². The highest BCUT2D eigenvalue weighted by molar-refractivity contribution is 6.31. The molecule has 0 radical (unpaired) electrons. The van der Waals surface area contributed by atoms with Crippen molar-refractivity contribution in [2.24, 2.45) is 9.98 Å². The number of nitrogens with zero attached hydrogens (tertiary/aromatic N) is 2. The number of unbranched alkanes of at least 4 members (excludes halogenated alkanes) is 44. The van der Waals surface area contributed by atoms with Gasteiger partial charge in [0, 0.05) is 6.21 Å². The fraction of sp³-hybridized carbons (Fsp3) is 0.753. The van der Waals surface area contributed by atoms with Gasteiger partial charge in [-0.15, -0.1) is 0 Å². The third-order valence-electron chi connectivity index (χ3n) is 16.1. The van der Waals surface area contributed by atoms with Crippen LogP contribution in [0.4, 0.5) is 11.4 Å². The van der Waals surface area contributed by atoms with Gasteiger partial charge in [-0.1, -0.05) is 351 Å². The Balaban J connectivity index is 1.56. The number of rotatable bonds is 57. The Labute approximate surface area is 469 Å². The molecule has 428 valence electrons. The molecule has 2 nitrogen and oxygen atoms in total. The minimum atomic E-state index is 0.968. The first kappa shape index (κ1) is 68.4. The van der Waals surface area contributed by atoms with E-state index in [0.717, 1.165) is 55.6 Å². The molecule has 0 aromatic heterocycles. The van der Waals surface area contributed by atoms with E-state index in [-0.39, 0.29) is 0 Å². The lowest BCUT2D eigenvalue weighted by Crippen LogP contribution is -2.01. The molecule has 75 heavy (non-hydrogen) atoms. The third kappa shape index (κ3) is 44.9. The largest absolute Gasteiger partial charge is 0.255 e. The molecule has 2 aromatic rings. The zero-order chi connectivity index (χ0) is 53.3. The van der Waals surface area contributed by atoms with Crippen molar-refractivity contribution in [1.82, 2.24) is 0 Å². The summed E-state index contributed by atoms with van der Waals surface area (Å²) < 4.78 is 0. The monoisotopic (exact) mass is 1030 g/mol. The van der Waals surface area contributed by atoms with Crippen molar-refractivity contribution in [2.45, 2.75) is 355 Å². The van der Waals surface area contributed by atoms with Crippen LogP contribution in [0.1, 0.15) is 353 Å². The Kier molecular flexibility index (Phi) is 51.0. The van der Waals surface area contributed by atoms with E-state index in [2.05, 4.69) is 99.8 Å². The maximum atomic E-state index is 5.28. The van der Waals surface area contributed by atoms with E-state index in [4.69, 9.17) is 9.98 Å². The lowest BCUT2D eigenvalue weighted by Gasteiger charge is -2.08. The second-order valence-electron chi connectivity index (χ2n) is 23.3. The predicted molar refractivity (Wildman–Crippen MR) is 342 cm³/mol. The highest BCUT2D eigenvalue weighted by atomic mass is 14.8. The average Bonchev–Trinajstić information content (AvgIpc) is 3.43. The van der Waals surface area contributed by atoms with E-state index in [1.807, 2.05) is 0 Å². The van der Waals surface area contributed by atoms with Crippen molar-refractivity contribution in [1.29, 1.82) is 0 Å². The van der Waals surface area contributed by atoms with Crippen LogP contribution in [0.3, 0.4) is 0 Å². The van der Waals surface area contributed by atoms with Crippen molar-refractivity contribution in [3.63, 3.8) is 0 Å². The van der Waals surface area contributed by atoms with Gasteiger partial charge in [-0.3, -0.25) is 9.98 Å². The van der Waals surface area contributed by atoms with E-state index < -0.39 is 0 Å². The lowest BCUT2D eigenvalue weighted by molar-refractivity contribution is 0.520. The number of hydrogen-bond donors (Lipinski definition) is 0. The minimum absolute atomic E-state index is 0.968. The van der Waals surface area contributed by atoms with Gasteiger partial charge in [-0.05, 0) is 87.5 Å². The molecule has 0 spiro atoms. The van der Waals surface area contributed by atoms with Gasteiger partial charge >= 0.3 is 0 Å². The molecule has 0 aliphatic rings. The Morgan fingerprint density at radius 1 is 0.293 bits per heavy atom. The molecule has 0 saturated carbocycles. The molecule has 0 N–H and O–H groups in total. The maximum Gasteiger partial charge on any atom is 0.0665 e. The molecule has 0 heterocycles. The second kappa shape index (κ2) is 56.0. The molecular formula is C73H126N2. The molecule has 0 amide bonds. The molecule has 2 heteroatoms. The van der Waals surface area contributed by atoms with Crippen molar-refractivity contribution in [3.05, 3.63) is 84.0 Å². The van der Waals surface area contributed by atoms with Crippen LogP contribution in [0.15, 0.2) is 82.8 Å². The maximum absolute atomic E-state index is 5.28. The summed E-state index contributed by atoms with van der Waals surface area (Å²) in [5.41, 5.74) is 5.98. The van der Waals surface area contributed by atoms with Crippen LogP contribution < -0.4 is 0 Å². The van der Waals surface area contributed by atoms with Gasteiger partial charge in [0.05, 0.1) is 17.1 Å². The molecule has 0 bridgehead atoms. The van der Waals surface area contributed by atoms with Crippen LogP contribution in [0.25, 0.3) is 0 Å². The molecule has 0 saturated heterocycles. The number of hydrogen-bond acceptors (Lipinski definition) is 2. The SMILES string of the molecule is CCCCCCCCCCCCCCCCCCCCCCC/C=C/CCc1ccccc1N=CC(CCCCC)=Nc1ccccc1CC/C=C/CCCCCCCCCCCCCCCCCCCCCCC. The van der Waals surface area contributed by atoms with Gasteiger partial charge in [-0.2, -0.15) is 0 Å². The summed E-state index contributed by atoms with van der Waals surface area (Å²) in [6.07, 6.45) is 83.5. The zero-order valence-electron chi connectivity index (χ0n) is 50.7. The summed E-state index contributed by atoms with van der Waals surface area (Å²) in [5, 5.41) is 0. The Morgan fingerprint density at radius 2 is 0.560 bits per heavy atom. The number of benzene rings is 2. The molecule has 0 aliphatic heterocycles. The van der Waals surface area contributed by atoms with Crippen molar-refractivity contribution < 1.29 is 0 Å². The standard InChI is InChI=1S/C73H126N2/c1-4-7-10-12-14-16-18-20-22-24-26-28-30-32-34-36-38-40-42-44-46-48-50-52-55-61-69-63-57-59-66-72(69)74-68-71(65-54-9-6-3)75-73-67-60-58-64-70(73)62-56-53-51-49-47-45-43-41-39-37-35-33-31-29-27-25-23-21-19-17-15-13-11-8-5-2/h50-53,57-60,63-64,66-68H,4-49,54-56,61-62,65H2,1-3H3/b52-50+,53-51+,74-68?,75-71?. The van der Waals surface area contributed by atoms with Crippen LogP contribution in [0.2, 0.25) is 0 Å². The summed E-state index contributed by atoms with van der Waals surface area (Å²) in [7, 11) is 0. The third-order valence-corrected chi connectivity index (χ3v) is 16.1. The van der Waals surface area contributed by atoms with E-state index in [1.54, 1.807) is 0 Å². The summed E-state index contributed by atoms with van der Waals surface area (Å²) in [6.45, 7) is 6.90. The van der Waals surface area contributed by atoms with Crippen LogP contribution in [-0.4, -0.2) is 11.9 Å². The number of para-hydroxylation sites is 2. The van der Waals surface area contributed by atoms with Crippen molar-refractivity contribution >= 4 is 23.3 Å². The van der Waals surface area contributed by atoms with Crippen molar-refractivity contribution in [2.75, 3.05) is 0 Å². The van der Waals surface area contributed by atoms with Gasteiger partial charge in [0.15, 0.2) is 0 Å². The number of aliphatic imine (C=N–C) groups is 2. The van der Waals surface area contributed by atoms with Gasteiger partial charge in [0.2, 0.25) is 0 Å². The first-order chi connectivity index (χ1) is 37.3. The summed E-state index contributed by atoms with van der Waals surface area (Å²) >= 11 is 0. The van der Waals surface area contributed by atoms with E-state index in [9.17, 15) is 0 Å².